The van der Waals surface area contributed by atoms with E-state index in [0.717, 1.165) is 25.1 Å². The lowest BCUT2D eigenvalue weighted by Gasteiger charge is -2.26. The SMILES string of the molecule is C[C@H]1C[C@@H](C(=O)Nc2ccc(N(C)C)cn2)CCN1. The Kier molecular flexibility index (Phi) is 4.37. The summed E-state index contributed by atoms with van der Waals surface area (Å²) in [5.74, 6) is 0.798. The number of aromatic nitrogens is 1. The van der Waals surface area contributed by atoms with Gasteiger partial charge in [0.25, 0.3) is 0 Å². The third-order valence-corrected chi connectivity index (χ3v) is 3.51. The van der Waals surface area contributed by atoms with Crippen LogP contribution in [0.1, 0.15) is 19.8 Å². The molecule has 104 valence electrons. The normalized spacial score (nSPS) is 22.9. The van der Waals surface area contributed by atoms with Gasteiger partial charge in [0.2, 0.25) is 5.91 Å². The van der Waals surface area contributed by atoms with E-state index in [1.807, 2.05) is 31.1 Å². The van der Waals surface area contributed by atoms with Crippen molar-refractivity contribution in [1.29, 1.82) is 0 Å². The minimum atomic E-state index is 0.0819. The van der Waals surface area contributed by atoms with Gasteiger partial charge in [0.1, 0.15) is 5.82 Å². The maximum atomic E-state index is 12.1. The molecule has 2 heterocycles. The highest BCUT2D eigenvalue weighted by atomic mass is 16.1. The summed E-state index contributed by atoms with van der Waals surface area (Å²) < 4.78 is 0. The average Bonchev–Trinajstić information content (AvgIpc) is 2.39. The van der Waals surface area contributed by atoms with Gasteiger partial charge in [-0.3, -0.25) is 4.79 Å². The minimum Gasteiger partial charge on any atom is -0.376 e. The number of piperidine rings is 1. The van der Waals surface area contributed by atoms with Crippen LogP contribution in [-0.4, -0.2) is 37.6 Å². The summed E-state index contributed by atoms with van der Waals surface area (Å²) in [6.07, 6.45) is 3.55. The van der Waals surface area contributed by atoms with E-state index in [1.54, 1.807) is 6.20 Å². The Labute approximate surface area is 114 Å². The number of hydrogen-bond donors (Lipinski definition) is 2. The lowest BCUT2D eigenvalue weighted by Crippen LogP contribution is -2.40. The van der Waals surface area contributed by atoms with Gasteiger partial charge < -0.3 is 15.5 Å². The van der Waals surface area contributed by atoms with Crippen molar-refractivity contribution in [2.75, 3.05) is 30.9 Å². The van der Waals surface area contributed by atoms with Crippen LogP contribution in [0.2, 0.25) is 0 Å². The van der Waals surface area contributed by atoms with Gasteiger partial charge in [0.15, 0.2) is 0 Å². The van der Waals surface area contributed by atoms with Gasteiger partial charge >= 0.3 is 0 Å². The fourth-order valence-corrected chi connectivity index (χ4v) is 2.32. The number of nitrogens with zero attached hydrogens (tertiary/aromatic N) is 2. The maximum Gasteiger partial charge on any atom is 0.228 e. The number of nitrogens with one attached hydrogen (secondary N) is 2. The summed E-state index contributed by atoms with van der Waals surface area (Å²) in [5.41, 5.74) is 1.02. The van der Waals surface area contributed by atoms with Gasteiger partial charge in [0, 0.05) is 26.1 Å². The van der Waals surface area contributed by atoms with Crippen molar-refractivity contribution in [2.45, 2.75) is 25.8 Å². The predicted octanol–water partition coefficient (Wildman–Crippen LogP) is 1.47. The van der Waals surface area contributed by atoms with Crippen LogP contribution in [0.5, 0.6) is 0 Å². The van der Waals surface area contributed by atoms with E-state index in [0.29, 0.717) is 11.9 Å². The van der Waals surface area contributed by atoms with Gasteiger partial charge in [-0.25, -0.2) is 4.98 Å². The van der Waals surface area contributed by atoms with Crippen molar-refractivity contribution < 1.29 is 4.79 Å². The Morgan fingerprint density at radius 1 is 1.47 bits per heavy atom. The van der Waals surface area contributed by atoms with Gasteiger partial charge in [-0.2, -0.15) is 0 Å². The molecule has 1 aliphatic rings. The van der Waals surface area contributed by atoms with Gasteiger partial charge in [0.05, 0.1) is 11.9 Å². The zero-order chi connectivity index (χ0) is 13.8. The molecular weight excluding hydrogens is 240 g/mol. The standard InChI is InChI=1S/C14H22N4O/c1-10-8-11(6-7-15-10)14(19)17-13-5-4-12(9-16-13)18(2)3/h4-5,9-11,15H,6-8H2,1-3H3,(H,16,17,19)/t10-,11-/m0/s1. The molecule has 1 amide bonds. The van der Waals surface area contributed by atoms with Crippen LogP contribution < -0.4 is 15.5 Å². The summed E-state index contributed by atoms with van der Waals surface area (Å²) in [4.78, 5) is 18.4. The van der Waals surface area contributed by atoms with Crippen LogP contribution in [0.4, 0.5) is 11.5 Å². The topological polar surface area (TPSA) is 57.3 Å². The first-order chi connectivity index (χ1) is 9.06. The van der Waals surface area contributed by atoms with E-state index in [4.69, 9.17) is 0 Å². The second-order valence-electron chi connectivity index (χ2n) is 5.36. The zero-order valence-corrected chi connectivity index (χ0v) is 11.8. The molecule has 0 radical (unpaired) electrons. The molecule has 1 aromatic heterocycles. The number of hydrogen-bond acceptors (Lipinski definition) is 4. The second kappa shape index (κ2) is 6.02. The van der Waals surface area contributed by atoms with Crippen LogP contribution in [-0.2, 0) is 4.79 Å². The molecule has 1 saturated heterocycles. The Hall–Kier alpha value is -1.62. The van der Waals surface area contributed by atoms with Crippen LogP contribution in [0.3, 0.4) is 0 Å². The lowest BCUT2D eigenvalue weighted by molar-refractivity contribution is -0.120. The fraction of sp³-hybridized carbons (Fsp3) is 0.571. The average molecular weight is 262 g/mol. The van der Waals surface area contributed by atoms with Gasteiger partial charge in [-0.1, -0.05) is 0 Å². The zero-order valence-electron chi connectivity index (χ0n) is 11.8. The van der Waals surface area contributed by atoms with Crippen molar-refractivity contribution in [1.82, 2.24) is 10.3 Å². The molecule has 2 rings (SSSR count). The fourth-order valence-electron chi connectivity index (χ4n) is 2.32. The number of rotatable bonds is 3. The summed E-state index contributed by atoms with van der Waals surface area (Å²) >= 11 is 0. The van der Waals surface area contributed by atoms with E-state index in [2.05, 4.69) is 22.5 Å². The largest absolute Gasteiger partial charge is 0.376 e. The molecule has 1 aromatic rings. The summed E-state index contributed by atoms with van der Waals surface area (Å²) in [6.45, 7) is 3.02. The van der Waals surface area contributed by atoms with Gasteiger partial charge in [-0.05, 0) is 38.4 Å². The minimum absolute atomic E-state index is 0.0819. The molecular formula is C14H22N4O. The molecule has 19 heavy (non-hydrogen) atoms. The molecule has 2 N–H and O–H groups in total. The number of carbonyl (C=O) groups is 1. The highest BCUT2D eigenvalue weighted by Crippen LogP contribution is 2.18. The monoisotopic (exact) mass is 262 g/mol. The predicted molar refractivity (Wildman–Crippen MR) is 77.4 cm³/mol. The van der Waals surface area contributed by atoms with Crippen LogP contribution >= 0.6 is 0 Å². The van der Waals surface area contributed by atoms with E-state index in [-0.39, 0.29) is 11.8 Å². The van der Waals surface area contributed by atoms with E-state index in [1.165, 1.54) is 0 Å². The van der Waals surface area contributed by atoms with Crippen molar-refractivity contribution >= 4 is 17.4 Å². The first kappa shape index (κ1) is 13.8. The maximum absolute atomic E-state index is 12.1. The molecule has 0 spiro atoms. The number of anilines is 2. The third kappa shape index (κ3) is 3.67. The highest BCUT2D eigenvalue weighted by Gasteiger charge is 2.24. The first-order valence-electron chi connectivity index (χ1n) is 6.74. The van der Waals surface area contributed by atoms with Crippen molar-refractivity contribution in [3.63, 3.8) is 0 Å². The molecule has 1 fully saturated rings. The summed E-state index contributed by atoms with van der Waals surface area (Å²) in [6, 6.07) is 4.21. The second-order valence-corrected chi connectivity index (χ2v) is 5.36. The summed E-state index contributed by atoms with van der Waals surface area (Å²) in [5, 5.41) is 6.25. The third-order valence-electron chi connectivity index (χ3n) is 3.51. The highest BCUT2D eigenvalue weighted by molar-refractivity contribution is 5.91. The molecule has 5 nitrogen and oxygen atoms in total. The van der Waals surface area contributed by atoms with E-state index in [9.17, 15) is 4.79 Å². The van der Waals surface area contributed by atoms with Crippen molar-refractivity contribution in [2.24, 2.45) is 5.92 Å². The lowest BCUT2D eigenvalue weighted by atomic mass is 9.92. The molecule has 0 bridgehead atoms. The molecule has 0 aliphatic carbocycles. The molecule has 2 atom stereocenters. The van der Waals surface area contributed by atoms with E-state index < -0.39 is 0 Å². The Balaban J connectivity index is 1.94. The Morgan fingerprint density at radius 2 is 2.26 bits per heavy atom. The molecule has 1 aliphatic heterocycles. The molecule has 0 unspecified atom stereocenters. The smallest absolute Gasteiger partial charge is 0.228 e. The Bertz CT molecular complexity index is 430. The van der Waals surface area contributed by atoms with E-state index >= 15 is 0 Å². The van der Waals surface area contributed by atoms with Crippen LogP contribution in [0, 0.1) is 5.92 Å². The molecule has 0 aromatic carbocycles. The Morgan fingerprint density at radius 3 is 2.84 bits per heavy atom. The van der Waals surface area contributed by atoms with Gasteiger partial charge in [-0.15, -0.1) is 0 Å². The van der Waals surface area contributed by atoms with Crippen molar-refractivity contribution in [3.8, 4) is 0 Å². The summed E-state index contributed by atoms with van der Waals surface area (Å²) in [7, 11) is 3.93. The number of carbonyl (C=O) groups excluding carboxylic acids is 1. The number of amides is 1. The molecule has 0 saturated carbocycles. The van der Waals surface area contributed by atoms with Crippen molar-refractivity contribution in [3.05, 3.63) is 18.3 Å². The van der Waals surface area contributed by atoms with Crippen LogP contribution in [0.15, 0.2) is 18.3 Å². The first-order valence-corrected chi connectivity index (χ1v) is 6.74. The van der Waals surface area contributed by atoms with Crippen LogP contribution in [0.25, 0.3) is 0 Å². The molecule has 5 heteroatoms. The number of pyridine rings is 1. The quantitative estimate of drug-likeness (QED) is 0.866.